The summed E-state index contributed by atoms with van der Waals surface area (Å²) in [4.78, 5) is 15.6. The number of aromatic nitrogens is 1. The van der Waals surface area contributed by atoms with Gasteiger partial charge in [-0.15, -0.1) is 0 Å². The molecule has 1 aromatic carbocycles. The van der Waals surface area contributed by atoms with Crippen molar-refractivity contribution in [1.29, 1.82) is 0 Å². The van der Waals surface area contributed by atoms with Crippen LogP contribution in [0.3, 0.4) is 0 Å². The lowest BCUT2D eigenvalue weighted by molar-refractivity contribution is -0.119. The predicted octanol–water partition coefficient (Wildman–Crippen LogP) is 2.90. The van der Waals surface area contributed by atoms with Crippen LogP contribution in [-0.2, 0) is 4.79 Å². The zero-order valence-corrected chi connectivity index (χ0v) is 12.7. The fraction of sp³-hybridized carbons (Fsp3) is 0.333. The van der Waals surface area contributed by atoms with Crippen LogP contribution in [0.2, 0.25) is 0 Å². The first kappa shape index (κ1) is 13.4. The Labute approximate surface area is 125 Å². The van der Waals surface area contributed by atoms with Gasteiger partial charge in [-0.2, -0.15) is 0 Å². The average Bonchev–Trinajstić information content (AvgIpc) is 2.85. The van der Waals surface area contributed by atoms with Gasteiger partial charge in [-0.05, 0) is 31.2 Å². The predicted molar refractivity (Wildman–Crippen MR) is 80.6 cm³/mol. The number of carbonyl (C=O) groups is 1. The zero-order chi connectivity index (χ0) is 14.1. The van der Waals surface area contributed by atoms with Crippen LogP contribution in [-0.4, -0.2) is 23.5 Å². The van der Waals surface area contributed by atoms with Crippen LogP contribution in [0.1, 0.15) is 13.3 Å². The largest absolute Gasteiger partial charge is 0.490 e. The summed E-state index contributed by atoms with van der Waals surface area (Å²) in [6.45, 7) is 2.69. The maximum absolute atomic E-state index is 11.3. The molecule has 2 atom stereocenters. The fourth-order valence-corrected chi connectivity index (χ4v) is 2.89. The third kappa shape index (κ3) is 2.63. The molecule has 2 aromatic rings. The van der Waals surface area contributed by atoms with Crippen molar-refractivity contribution >= 4 is 32.7 Å². The van der Waals surface area contributed by atoms with Crippen LogP contribution in [0.5, 0.6) is 5.75 Å². The van der Waals surface area contributed by atoms with Gasteiger partial charge in [0.25, 0.3) is 0 Å². The maximum atomic E-state index is 11.3. The molecule has 1 N–H and O–H groups in total. The quantitative estimate of drug-likeness (QED) is 0.938. The third-order valence-corrected chi connectivity index (χ3v) is 4.09. The molecule has 1 aliphatic heterocycles. The molecule has 0 radical (unpaired) electrons. The molecule has 1 amide bonds. The summed E-state index contributed by atoms with van der Waals surface area (Å²) in [5.41, 5.74) is 0.893. The number of carbonyl (C=O) groups excluding carboxylic acids is 1. The van der Waals surface area contributed by atoms with E-state index in [1.807, 2.05) is 31.2 Å². The molecule has 0 spiro atoms. The number of pyridine rings is 1. The summed E-state index contributed by atoms with van der Waals surface area (Å²) in [7, 11) is 0. The van der Waals surface area contributed by atoms with Gasteiger partial charge in [0.15, 0.2) is 0 Å². The molecule has 1 saturated heterocycles. The molecular formula is C15H15BrN2O2. The Morgan fingerprint density at radius 3 is 3.10 bits per heavy atom. The van der Waals surface area contributed by atoms with Gasteiger partial charge in [0.2, 0.25) is 5.91 Å². The number of hydrogen-bond acceptors (Lipinski definition) is 3. The number of fused-ring (bicyclic) bond motifs is 1. The second-order valence-corrected chi connectivity index (χ2v) is 5.98. The smallest absolute Gasteiger partial charge is 0.220 e. The lowest BCUT2D eigenvalue weighted by Gasteiger charge is -2.20. The first-order chi connectivity index (χ1) is 9.63. The molecule has 2 heterocycles. The summed E-state index contributed by atoms with van der Waals surface area (Å²) in [6.07, 6.45) is 2.28. The highest BCUT2D eigenvalue weighted by Crippen LogP contribution is 2.31. The van der Waals surface area contributed by atoms with E-state index in [0.29, 0.717) is 13.0 Å². The Morgan fingerprint density at radius 2 is 2.35 bits per heavy atom. The van der Waals surface area contributed by atoms with Crippen molar-refractivity contribution in [3.8, 4) is 5.75 Å². The number of nitrogens with zero attached hydrogens (tertiary/aromatic N) is 1. The van der Waals surface area contributed by atoms with Crippen LogP contribution in [0.15, 0.2) is 34.9 Å². The fourth-order valence-electron chi connectivity index (χ4n) is 2.47. The lowest BCUT2D eigenvalue weighted by Crippen LogP contribution is -2.25. The van der Waals surface area contributed by atoms with Crippen LogP contribution in [0.25, 0.3) is 10.9 Å². The van der Waals surface area contributed by atoms with Crippen molar-refractivity contribution in [3.05, 3.63) is 34.9 Å². The molecule has 1 unspecified atom stereocenters. The average molecular weight is 335 g/mol. The molecule has 1 aromatic heterocycles. The summed E-state index contributed by atoms with van der Waals surface area (Å²) in [6, 6.07) is 7.81. The summed E-state index contributed by atoms with van der Waals surface area (Å²) >= 11 is 3.48. The van der Waals surface area contributed by atoms with Gasteiger partial charge in [-0.25, -0.2) is 0 Å². The van der Waals surface area contributed by atoms with Crippen LogP contribution in [0.4, 0.5) is 0 Å². The van der Waals surface area contributed by atoms with Gasteiger partial charge in [0.05, 0.1) is 5.52 Å². The van der Waals surface area contributed by atoms with E-state index in [0.717, 1.165) is 21.1 Å². The lowest BCUT2D eigenvalue weighted by atomic mass is 10.0. The minimum atomic E-state index is -0.0216. The van der Waals surface area contributed by atoms with Crippen molar-refractivity contribution in [2.24, 2.45) is 5.92 Å². The first-order valence-electron chi connectivity index (χ1n) is 6.61. The number of benzene rings is 1. The molecule has 0 bridgehead atoms. The van der Waals surface area contributed by atoms with E-state index in [2.05, 4.69) is 26.2 Å². The van der Waals surface area contributed by atoms with Gasteiger partial charge in [0, 0.05) is 34.9 Å². The second kappa shape index (κ2) is 5.40. The van der Waals surface area contributed by atoms with Gasteiger partial charge < -0.3 is 10.1 Å². The van der Waals surface area contributed by atoms with E-state index in [-0.39, 0.29) is 17.9 Å². The van der Waals surface area contributed by atoms with Crippen molar-refractivity contribution in [2.45, 2.75) is 19.4 Å². The number of ether oxygens (including phenoxy) is 1. The van der Waals surface area contributed by atoms with Crippen molar-refractivity contribution in [2.75, 3.05) is 6.54 Å². The Morgan fingerprint density at radius 1 is 1.50 bits per heavy atom. The molecule has 3 rings (SSSR count). The number of nitrogens with one attached hydrogen (secondary N) is 1. The minimum absolute atomic E-state index is 0.0216. The normalized spacial score (nSPS) is 19.9. The highest BCUT2D eigenvalue weighted by Gasteiger charge is 2.28. The van der Waals surface area contributed by atoms with Crippen molar-refractivity contribution < 1.29 is 9.53 Å². The van der Waals surface area contributed by atoms with Crippen LogP contribution >= 0.6 is 15.9 Å². The molecule has 1 fully saturated rings. The SMILES string of the molecule is C[C@@H](Oc1cc(Br)cc2ncccc12)C1CNC(=O)C1. The summed E-state index contributed by atoms with van der Waals surface area (Å²) < 4.78 is 7.02. The topological polar surface area (TPSA) is 51.2 Å². The van der Waals surface area contributed by atoms with E-state index in [9.17, 15) is 4.79 Å². The standard InChI is InChI=1S/C15H15BrN2O2/c1-9(10-5-15(19)18-8-10)20-14-7-11(16)6-13-12(14)3-2-4-17-13/h2-4,6-7,9-10H,5,8H2,1H3,(H,18,19)/t9-,10?/m1/s1. The maximum Gasteiger partial charge on any atom is 0.220 e. The first-order valence-corrected chi connectivity index (χ1v) is 7.40. The molecule has 0 saturated carbocycles. The van der Waals surface area contributed by atoms with Gasteiger partial charge in [0.1, 0.15) is 11.9 Å². The molecule has 1 aliphatic rings. The third-order valence-electron chi connectivity index (χ3n) is 3.63. The van der Waals surface area contributed by atoms with Crippen LogP contribution in [0, 0.1) is 5.92 Å². The van der Waals surface area contributed by atoms with E-state index in [4.69, 9.17) is 4.74 Å². The Balaban J connectivity index is 1.88. The Kier molecular flexibility index (Phi) is 3.61. The molecule has 5 heteroatoms. The molecule has 104 valence electrons. The molecular weight excluding hydrogens is 320 g/mol. The van der Waals surface area contributed by atoms with Gasteiger partial charge in [-0.3, -0.25) is 9.78 Å². The number of hydrogen-bond donors (Lipinski definition) is 1. The summed E-state index contributed by atoms with van der Waals surface area (Å²) in [5.74, 6) is 1.12. The molecule has 0 aliphatic carbocycles. The van der Waals surface area contributed by atoms with E-state index < -0.39 is 0 Å². The molecule has 4 nitrogen and oxygen atoms in total. The van der Waals surface area contributed by atoms with Gasteiger partial charge >= 0.3 is 0 Å². The monoisotopic (exact) mass is 334 g/mol. The second-order valence-electron chi connectivity index (χ2n) is 5.07. The highest BCUT2D eigenvalue weighted by atomic mass is 79.9. The highest BCUT2D eigenvalue weighted by molar-refractivity contribution is 9.10. The summed E-state index contributed by atoms with van der Waals surface area (Å²) in [5, 5.41) is 3.83. The van der Waals surface area contributed by atoms with E-state index >= 15 is 0 Å². The Hall–Kier alpha value is -1.62. The minimum Gasteiger partial charge on any atom is -0.490 e. The Bertz CT molecular complexity index is 659. The number of halogens is 1. The molecule has 20 heavy (non-hydrogen) atoms. The number of rotatable bonds is 3. The van der Waals surface area contributed by atoms with E-state index in [1.165, 1.54) is 0 Å². The van der Waals surface area contributed by atoms with Crippen molar-refractivity contribution in [3.63, 3.8) is 0 Å². The van der Waals surface area contributed by atoms with Crippen molar-refractivity contribution in [1.82, 2.24) is 10.3 Å². The van der Waals surface area contributed by atoms with Crippen LogP contribution < -0.4 is 10.1 Å². The van der Waals surface area contributed by atoms with Gasteiger partial charge in [-0.1, -0.05) is 15.9 Å². The number of amides is 1. The van der Waals surface area contributed by atoms with E-state index in [1.54, 1.807) is 6.20 Å². The zero-order valence-electron chi connectivity index (χ0n) is 11.1.